The maximum atomic E-state index is 13.3. The van der Waals surface area contributed by atoms with Crippen molar-refractivity contribution in [1.82, 2.24) is 9.88 Å². The van der Waals surface area contributed by atoms with Crippen molar-refractivity contribution in [2.45, 2.75) is 46.2 Å². The average molecular weight is 485 g/mol. The summed E-state index contributed by atoms with van der Waals surface area (Å²) >= 11 is 0. The lowest BCUT2D eigenvalue weighted by Crippen LogP contribution is -2.29. The number of aromatic nitrogens is 1. The predicted octanol–water partition coefficient (Wildman–Crippen LogP) is 5.86. The molecule has 0 spiro atoms. The summed E-state index contributed by atoms with van der Waals surface area (Å²) in [5, 5.41) is 11.3. The number of pyridine rings is 1. The van der Waals surface area contributed by atoms with E-state index in [0.29, 0.717) is 29.8 Å². The van der Waals surface area contributed by atoms with Gasteiger partial charge < -0.3 is 14.7 Å². The Labute approximate surface area is 212 Å². The summed E-state index contributed by atoms with van der Waals surface area (Å²) in [5.74, 6) is -0.115. The number of ketones is 1. The van der Waals surface area contributed by atoms with Crippen LogP contribution >= 0.6 is 0 Å². The summed E-state index contributed by atoms with van der Waals surface area (Å²) in [7, 11) is 0. The molecule has 2 heterocycles. The zero-order chi connectivity index (χ0) is 25.8. The predicted molar refractivity (Wildman–Crippen MR) is 139 cm³/mol. The van der Waals surface area contributed by atoms with Gasteiger partial charge in [-0.05, 0) is 64.9 Å². The van der Waals surface area contributed by atoms with Crippen LogP contribution in [0.4, 0.5) is 0 Å². The summed E-state index contributed by atoms with van der Waals surface area (Å²) in [6.45, 7) is 9.16. The Kier molecular flexibility index (Phi) is 7.53. The van der Waals surface area contributed by atoms with Crippen LogP contribution in [0, 0.1) is 5.92 Å². The molecule has 1 amide bonds. The van der Waals surface area contributed by atoms with Gasteiger partial charge in [0.25, 0.3) is 11.7 Å². The molecule has 1 aromatic heterocycles. The number of Topliss-reactive ketones (excluding diaryl/α,β-unsaturated/α-hetero) is 1. The number of rotatable bonds is 8. The lowest BCUT2D eigenvalue weighted by Gasteiger charge is -2.25. The number of hydrogen-bond acceptors (Lipinski definition) is 5. The average Bonchev–Trinajstić information content (AvgIpc) is 3.13. The summed E-state index contributed by atoms with van der Waals surface area (Å²) in [5.41, 5.74) is 3.31. The Morgan fingerprint density at radius 3 is 2.17 bits per heavy atom. The summed E-state index contributed by atoms with van der Waals surface area (Å²) in [6, 6.07) is 17.7. The van der Waals surface area contributed by atoms with Crippen molar-refractivity contribution in [3.63, 3.8) is 0 Å². The standard InChI is InChI=1S/C30H32N2O4/c1-19(2)18-36-25-11-9-24(10-12-25)28(33)26-27(23-7-5-22(6-8-23)20(3)4)32(30(35)29(26)34)17-21-13-15-31-16-14-21/h5-16,19-20,27,33H,17-18H2,1-4H3/b28-26-. The van der Waals surface area contributed by atoms with Gasteiger partial charge in [0.05, 0.1) is 18.2 Å². The van der Waals surface area contributed by atoms with Crippen LogP contribution in [0.15, 0.2) is 78.6 Å². The van der Waals surface area contributed by atoms with E-state index >= 15 is 0 Å². The second-order valence-corrected chi connectivity index (χ2v) is 9.83. The number of aliphatic hydroxyl groups is 1. The van der Waals surface area contributed by atoms with Crippen LogP contribution in [-0.4, -0.2) is 33.3 Å². The van der Waals surface area contributed by atoms with E-state index in [4.69, 9.17) is 4.74 Å². The number of carbonyl (C=O) groups excluding carboxylic acids is 2. The Morgan fingerprint density at radius 1 is 0.944 bits per heavy atom. The van der Waals surface area contributed by atoms with Crippen molar-refractivity contribution in [3.05, 3.63) is 101 Å². The van der Waals surface area contributed by atoms with Crippen LogP contribution < -0.4 is 4.74 Å². The maximum absolute atomic E-state index is 13.3. The zero-order valence-electron chi connectivity index (χ0n) is 21.1. The summed E-state index contributed by atoms with van der Waals surface area (Å²) in [6.07, 6.45) is 3.31. The number of carbonyl (C=O) groups is 2. The highest BCUT2D eigenvalue weighted by molar-refractivity contribution is 6.46. The molecule has 1 N–H and O–H groups in total. The monoisotopic (exact) mass is 484 g/mol. The van der Waals surface area contributed by atoms with Crippen LogP contribution in [0.2, 0.25) is 0 Å². The van der Waals surface area contributed by atoms with Gasteiger partial charge in [-0.15, -0.1) is 0 Å². The molecule has 3 aromatic rings. The van der Waals surface area contributed by atoms with E-state index in [0.717, 1.165) is 16.7 Å². The van der Waals surface area contributed by atoms with Gasteiger partial charge in [0.1, 0.15) is 11.5 Å². The minimum atomic E-state index is -0.712. The van der Waals surface area contributed by atoms with Crippen LogP contribution in [0.25, 0.3) is 5.76 Å². The minimum absolute atomic E-state index is 0.0854. The zero-order valence-corrected chi connectivity index (χ0v) is 21.1. The molecule has 4 rings (SSSR count). The smallest absolute Gasteiger partial charge is 0.295 e. The van der Waals surface area contributed by atoms with E-state index in [9.17, 15) is 14.7 Å². The first-order valence-corrected chi connectivity index (χ1v) is 12.3. The summed E-state index contributed by atoms with van der Waals surface area (Å²) < 4.78 is 5.74. The third-order valence-electron chi connectivity index (χ3n) is 6.27. The van der Waals surface area contributed by atoms with Crippen LogP contribution in [0.3, 0.4) is 0 Å². The maximum Gasteiger partial charge on any atom is 0.295 e. The molecule has 1 aliphatic rings. The molecule has 1 unspecified atom stereocenters. The van der Waals surface area contributed by atoms with Crippen molar-refractivity contribution in [3.8, 4) is 5.75 Å². The van der Waals surface area contributed by atoms with Gasteiger partial charge in [-0.3, -0.25) is 14.6 Å². The fourth-order valence-corrected chi connectivity index (χ4v) is 4.27. The first kappa shape index (κ1) is 25.2. The summed E-state index contributed by atoms with van der Waals surface area (Å²) in [4.78, 5) is 32.1. The van der Waals surface area contributed by atoms with Crippen molar-refractivity contribution in [1.29, 1.82) is 0 Å². The van der Waals surface area contributed by atoms with E-state index in [1.165, 1.54) is 4.90 Å². The van der Waals surface area contributed by atoms with E-state index in [1.54, 1.807) is 36.7 Å². The first-order chi connectivity index (χ1) is 17.3. The topological polar surface area (TPSA) is 79.7 Å². The normalized spacial score (nSPS) is 17.3. The van der Waals surface area contributed by atoms with Crippen LogP contribution in [-0.2, 0) is 16.1 Å². The molecule has 1 saturated heterocycles. The van der Waals surface area contributed by atoms with Crippen molar-refractivity contribution < 1.29 is 19.4 Å². The second-order valence-electron chi connectivity index (χ2n) is 9.83. The van der Waals surface area contributed by atoms with E-state index in [1.807, 2.05) is 36.4 Å². The molecule has 2 aromatic carbocycles. The molecule has 186 valence electrons. The number of hydrogen-bond donors (Lipinski definition) is 1. The van der Waals surface area contributed by atoms with Gasteiger partial charge in [0, 0.05) is 24.5 Å². The molecule has 36 heavy (non-hydrogen) atoms. The molecule has 1 fully saturated rings. The van der Waals surface area contributed by atoms with Gasteiger partial charge in [0.15, 0.2) is 0 Å². The molecule has 0 saturated carbocycles. The van der Waals surface area contributed by atoms with Crippen molar-refractivity contribution >= 4 is 17.4 Å². The minimum Gasteiger partial charge on any atom is -0.507 e. The fourth-order valence-electron chi connectivity index (χ4n) is 4.27. The number of aliphatic hydroxyl groups excluding tert-OH is 1. The van der Waals surface area contributed by atoms with Crippen molar-refractivity contribution in [2.75, 3.05) is 6.61 Å². The van der Waals surface area contributed by atoms with E-state index in [2.05, 4.69) is 32.7 Å². The largest absolute Gasteiger partial charge is 0.507 e. The Bertz CT molecular complexity index is 1250. The lowest BCUT2D eigenvalue weighted by molar-refractivity contribution is -0.140. The number of amides is 1. The molecule has 1 aliphatic heterocycles. The van der Waals surface area contributed by atoms with Gasteiger partial charge in [-0.2, -0.15) is 0 Å². The number of likely N-dealkylation sites (tertiary alicyclic amines) is 1. The van der Waals surface area contributed by atoms with E-state index in [-0.39, 0.29) is 17.9 Å². The van der Waals surface area contributed by atoms with Gasteiger partial charge in [0.2, 0.25) is 0 Å². The SMILES string of the molecule is CC(C)COc1ccc(/C(O)=C2/C(=O)C(=O)N(Cc3ccncc3)C2c2ccc(C(C)C)cc2)cc1. The highest BCUT2D eigenvalue weighted by Crippen LogP contribution is 2.40. The molecular formula is C30H32N2O4. The molecule has 6 nitrogen and oxygen atoms in total. The third-order valence-corrected chi connectivity index (χ3v) is 6.27. The Balaban J connectivity index is 1.76. The lowest BCUT2D eigenvalue weighted by atomic mass is 9.93. The number of benzene rings is 2. The van der Waals surface area contributed by atoms with Crippen molar-refractivity contribution in [2.24, 2.45) is 5.92 Å². The van der Waals surface area contributed by atoms with Gasteiger partial charge >= 0.3 is 0 Å². The molecular weight excluding hydrogens is 452 g/mol. The molecule has 1 atom stereocenters. The highest BCUT2D eigenvalue weighted by atomic mass is 16.5. The number of ether oxygens (including phenoxy) is 1. The van der Waals surface area contributed by atoms with Crippen LogP contribution in [0.1, 0.15) is 61.9 Å². The molecule has 0 aliphatic carbocycles. The third kappa shape index (κ3) is 5.33. The molecule has 0 bridgehead atoms. The molecule has 0 radical (unpaired) electrons. The van der Waals surface area contributed by atoms with Crippen LogP contribution in [0.5, 0.6) is 5.75 Å². The Morgan fingerprint density at radius 2 is 1.58 bits per heavy atom. The Hall–Kier alpha value is -3.93. The van der Waals surface area contributed by atoms with Gasteiger partial charge in [-0.1, -0.05) is 52.0 Å². The highest BCUT2D eigenvalue weighted by Gasteiger charge is 2.46. The number of nitrogens with zero attached hydrogens (tertiary/aromatic N) is 2. The quantitative estimate of drug-likeness (QED) is 0.246. The van der Waals surface area contributed by atoms with E-state index < -0.39 is 17.7 Å². The van der Waals surface area contributed by atoms with Gasteiger partial charge in [-0.25, -0.2) is 0 Å². The second kappa shape index (κ2) is 10.8. The fraction of sp³-hybridized carbons (Fsp3) is 0.300. The first-order valence-electron chi connectivity index (χ1n) is 12.3. The molecule has 6 heteroatoms.